The molecule has 0 spiro atoms. The topological polar surface area (TPSA) is 105 Å². The first-order valence-corrected chi connectivity index (χ1v) is 12.9. The minimum atomic E-state index is -0.252. The summed E-state index contributed by atoms with van der Waals surface area (Å²) in [4.78, 5) is 32.7. The van der Waals surface area contributed by atoms with Crippen LogP contribution in [0.2, 0.25) is 0 Å². The lowest BCUT2D eigenvalue weighted by Crippen LogP contribution is -2.38. The molecule has 0 radical (unpaired) electrons. The highest BCUT2D eigenvalue weighted by molar-refractivity contribution is 6.04. The average Bonchev–Trinajstić information content (AvgIpc) is 3.71. The van der Waals surface area contributed by atoms with Crippen LogP contribution in [0.3, 0.4) is 0 Å². The zero-order chi connectivity index (χ0) is 26.3. The van der Waals surface area contributed by atoms with Crippen molar-refractivity contribution in [1.29, 1.82) is 0 Å². The van der Waals surface area contributed by atoms with E-state index in [1.807, 2.05) is 64.2 Å². The van der Waals surface area contributed by atoms with E-state index in [4.69, 9.17) is 9.72 Å². The van der Waals surface area contributed by atoms with Crippen molar-refractivity contribution in [2.75, 3.05) is 25.6 Å². The van der Waals surface area contributed by atoms with E-state index in [9.17, 15) is 9.59 Å². The molecular weight excluding hydrogens is 480 g/mol. The van der Waals surface area contributed by atoms with Gasteiger partial charge in [0.05, 0.1) is 24.5 Å². The number of likely N-dealkylation sites (tertiary alicyclic amines) is 1. The number of para-hydroxylation sites is 1. The summed E-state index contributed by atoms with van der Waals surface area (Å²) in [6.45, 7) is 1.38. The lowest BCUT2D eigenvalue weighted by Gasteiger charge is -2.24. The van der Waals surface area contributed by atoms with Gasteiger partial charge >= 0.3 is 0 Å². The molecule has 1 fully saturated rings. The highest BCUT2D eigenvalue weighted by Crippen LogP contribution is 2.23. The summed E-state index contributed by atoms with van der Waals surface area (Å²) in [6, 6.07) is 17.3. The van der Waals surface area contributed by atoms with Crippen molar-refractivity contribution in [3.8, 4) is 16.8 Å². The van der Waals surface area contributed by atoms with Gasteiger partial charge in [-0.05, 0) is 55.5 Å². The SMILES string of the molecule is COC[C@@H]1CCCN1C(=O)CCCc1cn(-c2ccccc2)c(NC(=O)c2cccc(-c3cn[nH]c3)c2)n1. The number of anilines is 1. The number of aromatic nitrogens is 4. The molecule has 38 heavy (non-hydrogen) atoms. The van der Waals surface area contributed by atoms with Gasteiger partial charge in [0.2, 0.25) is 11.9 Å². The third-order valence-electron chi connectivity index (χ3n) is 6.85. The number of hydrogen-bond donors (Lipinski definition) is 2. The fourth-order valence-corrected chi connectivity index (χ4v) is 4.94. The number of benzene rings is 2. The number of nitrogens with one attached hydrogen (secondary N) is 2. The maximum Gasteiger partial charge on any atom is 0.258 e. The zero-order valence-electron chi connectivity index (χ0n) is 21.5. The Morgan fingerprint density at radius 2 is 2.00 bits per heavy atom. The van der Waals surface area contributed by atoms with E-state index in [2.05, 4.69) is 15.5 Å². The molecule has 9 nitrogen and oxygen atoms in total. The Hall–Kier alpha value is -4.24. The Morgan fingerprint density at radius 1 is 1.13 bits per heavy atom. The molecule has 2 N–H and O–H groups in total. The predicted molar refractivity (Wildman–Crippen MR) is 145 cm³/mol. The molecule has 1 aliphatic rings. The van der Waals surface area contributed by atoms with Crippen LogP contribution in [0.5, 0.6) is 0 Å². The number of hydrogen-bond acceptors (Lipinski definition) is 5. The van der Waals surface area contributed by atoms with E-state index in [1.165, 1.54) is 0 Å². The maximum absolute atomic E-state index is 13.2. The van der Waals surface area contributed by atoms with Crippen LogP contribution in [0.25, 0.3) is 16.8 Å². The molecule has 196 valence electrons. The number of aromatic amines is 1. The summed E-state index contributed by atoms with van der Waals surface area (Å²) in [7, 11) is 1.68. The van der Waals surface area contributed by atoms with Crippen molar-refractivity contribution < 1.29 is 14.3 Å². The van der Waals surface area contributed by atoms with Crippen LogP contribution in [-0.2, 0) is 16.0 Å². The molecule has 4 aromatic rings. The average molecular weight is 513 g/mol. The number of rotatable bonds is 10. The summed E-state index contributed by atoms with van der Waals surface area (Å²) in [5.41, 5.74) is 4.04. The quantitative estimate of drug-likeness (QED) is 0.326. The van der Waals surface area contributed by atoms with E-state index >= 15 is 0 Å². The standard InChI is InChI=1S/C29H32N6O3/c1-38-20-26-13-7-15-34(26)27(36)14-6-10-24-19-35(25-11-3-2-4-12-25)29(32-24)33-28(37)22-9-5-8-21(16-22)23-17-30-31-18-23/h2-5,8-9,11-12,16-19,26H,6-7,10,13-15,20H2,1H3,(H,30,31)(H,32,33,37)/t26-/m0/s1. The van der Waals surface area contributed by atoms with E-state index in [0.717, 1.165) is 41.9 Å². The molecule has 1 aliphatic heterocycles. The van der Waals surface area contributed by atoms with E-state index < -0.39 is 0 Å². The Bertz CT molecular complexity index is 1370. The Morgan fingerprint density at radius 3 is 2.79 bits per heavy atom. The highest BCUT2D eigenvalue weighted by atomic mass is 16.5. The number of aryl methyl sites for hydroxylation is 1. The van der Waals surface area contributed by atoms with Gasteiger partial charge in [0.1, 0.15) is 0 Å². The smallest absolute Gasteiger partial charge is 0.258 e. The molecule has 5 rings (SSSR count). The van der Waals surface area contributed by atoms with E-state index in [0.29, 0.717) is 37.4 Å². The Labute approximate surface area is 221 Å². The van der Waals surface area contributed by atoms with Crippen LogP contribution in [0.4, 0.5) is 5.95 Å². The van der Waals surface area contributed by atoms with Gasteiger partial charge in [-0.2, -0.15) is 5.10 Å². The number of methoxy groups -OCH3 is 1. The van der Waals surface area contributed by atoms with Gasteiger partial charge in [0.15, 0.2) is 0 Å². The van der Waals surface area contributed by atoms with Crippen LogP contribution in [-0.4, -0.2) is 62.8 Å². The number of amides is 2. The van der Waals surface area contributed by atoms with Gasteiger partial charge in [0.25, 0.3) is 5.91 Å². The second-order valence-corrected chi connectivity index (χ2v) is 9.48. The molecule has 0 aliphatic carbocycles. The first-order valence-electron chi connectivity index (χ1n) is 12.9. The summed E-state index contributed by atoms with van der Waals surface area (Å²) < 4.78 is 7.16. The van der Waals surface area contributed by atoms with Crippen LogP contribution in [0.15, 0.2) is 73.2 Å². The van der Waals surface area contributed by atoms with E-state index in [-0.39, 0.29) is 17.9 Å². The lowest BCUT2D eigenvalue weighted by molar-refractivity contribution is -0.133. The first-order chi connectivity index (χ1) is 18.6. The minimum Gasteiger partial charge on any atom is -0.383 e. The number of H-pyrrole nitrogens is 1. The molecule has 2 amide bonds. The number of nitrogens with zero attached hydrogens (tertiary/aromatic N) is 4. The van der Waals surface area contributed by atoms with Crippen molar-refractivity contribution in [1.82, 2.24) is 24.6 Å². The molecule has 2 aromatic heterocycles. The van der Waals surface area contributed by atoms with Crippen molar-refractivity contribution in [2.24, 2.45) is 0 Å². The van der Waals surface area contributed by atoms with Gasteiger partial charge in [-0.1, -0.05) is 30.3 Å². The molecule has 1 atom stereocenters. The molecule has 9 heteroatoms. The normalized spacial score (nSPS) is 15.1. The predicted octanol–water partition coefficient (Wildman–Crippen LogP) is 4.47. The molecule has 0 unspecified atom stereocenters. The van der Waals surface area contributed by atoms with Gasteiger partial charge in [0, 0.05) is 49.3 Å². The minimum absolute atomic E-state index is 0.165. The van der Waals surface area contributed by atoms with Crippen molar-refractivity contribution >= 4 is 17.8 Å². The fraction of sp³-hybridized carbons (Fsp3) is 0.310. The van der Waals surface area contributed by atoms with Crippen molar-refractivity contribution in [2.45, 2.75) is 38.1 Å². The van der Waals surface area contributed by atoms with Crippen molar-refractivity contribution in [3.63, 3.8) is 0 Å². The van der Waals surface area contributed by atoms with Gasteiger partial charge in [-0.3, -0.25) is 24.6 Å². The monoisotopic (exact) mass is 512 g/mol. The van der Waals surface area contributed by atoms with Crippen LogP contribution >= 0.6 is 0 Å². The van der Waals surface area contributed by atoms with Gasteiger partial charge < -0.3 is 9.64 Å². The molecule has 3 heterocycles. The number of imidazole rings is 1. The van der Waals surface area contributed by atoms with Crippen LogP contribution in [0, 0.1) is 0 Å². The Kier molecular flexibility index (Phi) is 7.94. The van der Waals surface area contributed by atoms with Crippen LogP contribution < -0.4 is 5.32 Å². The van der Waals surface area contributed by atoms with Gasteiger partial charge in [-0.15, -0.1) is 0 Å². The molecular formula is C29H32N6O3. The second kappa shape index (κ2) is 11.9. The Balaban J connectivity index is 1.29. The molecule has 2 aromatic carbocycles. The van der Waals surface area contributed by atoms with E-state index in [1.54, 1.807) is 25.6 Å². The number of ether oxygens (including phenoxy) is 1. The molecule has 1 saturated heterocycles. The lowest BCUT2D eigenvalue weighted by atomic mass is 10.1. The molecule has 0 saturated carbocycles. The largest absolute Gasteiger partial charge is 0.383 e. The van der Waals surface area contributed by atoms with Gasteiger partial charge in [-0.25, -0.2) is 4.98 Å². The fourth-order valence-electron chi connectivity index (χ4n) is 4.94. The number of carbonyl (C=O) groups excluding carboxylic acids is 2. The third-order valence-corrected chi connectivity index (χ3v) is 6.85. The first kappa shape index (κ1) is 25.4. The van der Waals surface area contributed by atoms with Crippen molar-refractivity contribution in [3.05, 3.63) is 84.4 Å². The summed E-state index contributed by atoms with van der Waals surface area (Å²) in [6.07, 6.45) is 9.23. The third kappa shape index (κ3) is 5.84. The zero-order valence-corrected chi connectivity index (χ0v) is 21.5. The summed E-state index contributed by atoms with van der Waals surface area (Å²) in [5.74, 6) is 0.354. The number of carbonyl (C=O) groups is 2. The maximum atomic E-state index is 13.2. The second-order valence-electron chi connectivity index (χ2n) is 9.48. The highest BCUT2D eigenvalue weighted by Gasteiger charge is 2.28. The summed E-state index contributed by atoms with van der Waals surface area (Å²) in [5, 5.41) is 9.77. The van der Waals surface area contributed by atoms with Crippen LogP contribution in [0.1, 0.15) is 41.7 Å². The summed E-state index contributed by atoms with van der Waals surface area (Å²) >= 11 is 0. The molecule has 0 bridgehead atoms.